The summed E-state index contributed by atoms with van der Waals surface area (Å²) < 4.78 is 11.8. The van der Waals surface area contributed by atoms with E-state index in [9.17, 15) is 0 Å². The maximum Gasteiger partial charge on any atom is 0.142 e. The van der Waals surface area contributed by atoms with Crippen LogP contribution in [0.3, 0.4) is 0 Å². The highest BCUT2D eigenvalue weighted by molar-refractivity contribution is 9.10. The van der Waals surface area contributed by atoms with Gasteiger partial charge in [0.1, 0.15) is 23.1 Å². The van der Waals surface area contributed by atoms with Crippen LogP contribution in [0, 0.1) is 5.41 Å². The van der Waals surface area contributed by atoms with Crippen LogP contribution >= 0.6 is 15.9 Å². The molecule has 98 valence electrons. The van der Waals surface area contributed by atoms with Crippen LogP contribution < -0.4 is 15.2 Å². The van der Waals surface area contributed by atoms with E-state index in [1.165, 1.54) is 0 Å². The Morgan fingerprint density at radius 2 is 1.95 bits per heavy atom. The molecule has 0 atom stereocenters. The lowest BCUT2D eigenvalue weighted by atomic mass is 10.1. The molecule has 5 heteroatoms. The normalized spacial score (nSPS) is 10.0. The maximum atomic E-state index is 7.56. The summed E-state index contributed by atoms with van der Waals surface area (Å²) in [6.07, 6.45) is 0. The average Bonchev–Trinajstić information content (AvgIpc) is 2.38. The summed E-state index contributed by atoms with van der Waals surface area (Å²) >= 11 is 3.38. The zero-order chi connectivity index (χ0) is 13.8. The number of hydrogen-bond acceptors (Lipinski definition) is 3. The van der Waals surface area contributed by atoms with Crippen LogP contribution in [0.1, 0.15) is 5.56 Å². The van der Waals surface area contributed by atoms with Gasteiger partial charge >= 0.3 is 0 Å². The van der Waals surface area contributed by atoms with Gasteiger partial charge in [-0.2, -0.15) is 0 Å². The molecule has 0 fully saturated rings. The Kier molecular flexibility index (Phi) is 4.06. The van der Waals surface area contributed by atoms with Gasteiger partial charge in [-0.3, -0.25) is 5.41 Å². The van der Waals surface area contributed by atoms with Crippen LogP contribution in [0.15, 0.2) is 46.9 Å². The van der Waals surface area contributed by atoms with Gasteiger partial charge in [-0.1, -0.05) is 22.0 Å². The van der Waals surface area contributed by atoms with Gasteiger partial charge in [-0.05, 0) is 30.3 Å². The highest BCUT2D eigenvalue weighted by Gasteiger charge is 2.09. The van der Waals surface area contributed by atoms with E-state index in [0.29, 0.717) is 22.8 Å². The molecule has 0 aliphatic carbocycles. The van der Waals surface area contributed by atoms with Crippen molar-refractivity contribution in [2.75, 3.05) is 7.11 Å². The predicted octanol–water partition coefficient (Wildman–Crippen LogP) is 3.53. The van der Waals surface area contributed by atoms with Crippen LogP contribution in [0.2, 0.25) is 0 Å². The number of ether oxygens (including phenoxy) is 2. The average molecular weight is 321 g/mol. The second-order valence-electron chi connectivity index (χ2n) is 3.84. The van der Waals surface area contributed by atoms with Crippen molar-refractivity contribution in [3.05, 3.63) is 52.5 Å². The number of hydrogen-bond donors (Lipinski definition) is 2. The number of nitrogen functional groups attached to an aromatic ring is 1. The third-order valence-corrected chi connectivity index (χ3v) is 3.00. The molecule has 4 nitrogen and oxygen atoms in total. The summed E-state index contributed by atoms with van der Waals surface area (Å²) in [7, 11) is 1.58. The first-order chi connectivity index (χ1) is 9.10. The van der Waals surface area contributed by atoms with Crippen LogP contribution in [0.4, 0.5) is 0 Å². The lowest BCUT2D eigenvalue weighted by molar-refractivity contribution is 0.409. The van der Waals surface area contributed by atoms with Gasteiger partial charge in [0.05, 0.1) is 12.7 Å². The van der Waals surface area contributed by atoms with Gasteiger partial charge in [-0.25, -0.2) is 0 Å². The fourth-order valence-electron chi connectivity index (χ4n) is 1.59. The summed E-state index contributed by atoms with van der Waals surface area (Å²) in [6, 6.07) is 12.6. The second-order valence-corrected chi connectivity index (χ2v) is 4.75. The molecule has 3 N–H and O–H groups in total. The smallest absolute Gasteiger partial charge is 0.142 e. The van der Waals surface area contributed by atoms with E-state index in [1.807, 2.05) is 24.3 Å². The molecule has 0 spiro atoms. The molecule has 0 unspecified atom stereocenters. The van der Waals surface area contributed by atoms with Gasteiger partial charge in [0.15, 0.2) is 0 Å². The lowest BCUT2D eigenvalue weighted by Crippen LogP contribution is -2.12. The zero-order valence-electron chi connectivity index (χ0n) is 10.3. The fraction of sp³-hybridized carbons (Fsp3) is 0.0714. The van der Waals surface area contributed by atoms with E-state index in [-0.39, 0.29) is 5.84 Å². The van der Waals surface area contributed by atoms with Gasteiger partial charge in [-0.15, -0.1) is 0 Å². The quantitative estimate of drug-likeness (QED) is 0.668. The fourth-order valence-corrected chi connectivity index (χ4v) is 1.97. The molecule has 0 saturated carbocycles. The molecule has 2 aromatic rings. The Bertz CT molecular complexity index is 614. The molecule has 0 aromatic heterocycles. The van der Waals surface area contributed by atoms with E-state index in [2.05, 4.69) is 15.9 Å². The molecule has 0 amide bonds. The van der Waals surface area contributed by atoms with Crippen molar-refractivity contribution >= 4 is 21.8 Å². The maximum absolute atomic E-state index is 7.56. The predicted molar refractivity (Wildman–Crippen MR) is 78.2 cm³/mol. The number of methoxy groups -OCH3 is 1. The molecule has 0 heterocycles. The molecule has 0 radical (unpaired) electrons. The first-order valence-corrected chi connectivity index (χ1v) is 6.35. The second kappa shape index (κ2) is 5.75. The minimum atomic E-state index is -0.0485. The molecule has 0 aliphatic heterocycles. The van der Waals surface area contributed by atoms with Crippen molar-refractivity contribution in [2.45, 2.75) is 0 Å². The highest BCUT2D eigenvalue weighted by Crippen LogP contribution is 2.30. The SMILES string of the molecule is COc1ccc(C(=N)N)c(Oc2cccc(Br)c2)c1. The first kappa shape index (κ1) is 13.4. The van der Waals surface area contributed by atoms with Crippen LogP contribution in [0.25, 0.3) is 0 Å². The monoisotopic (exact) mass is 320 g/mol. The topological polar surface area (TPSA) is 68.3 Å². The molecular weight excluding hydrogens is 308 g/mol. The Morgan fingerprint density at radius 3 is 2.58 bits per heavy atom. The largest absolute Gasteiger partial charge is 0.497 e. The van der Waals surface area contributed by atoms with Crippen LogP contribution in [0.5, 0.6) is 17.2 Å². The summed E-state index contributed by atoms with van der Waals surface area (Å²) in [4.78, 5) is 0. The number of rotatable bonds is 4. The minimum absolute atomic E-state index is 0.0485. The molecule has 2 rings (SSSR count). The van der Waals surface area contributed by atoms with E-state index in [1.54, 1.807) is 25.3 Å². The Labute approximate surface area is 119 Å². The Morgan fingerprint density at radius 1 is 1.16 bits per heavy atom. The van der Waals surface area contributed by atoms with Crippen molar-refractivity contribution in [2.24, 2.45) is 5.73 Å². The first-order valence-electron chi connectivity index (χ1n) is 5.56. The molecule has 0 saturated heterocycles. The van der Waals surface area contributed by atoms with Crippen LogP contribution in [-0.4, -0.2) is 12.9 Å². The molecular formula is C14H13BrN2O2. The van der Waals surface area contributed by atoms with Crippen molar-refractivity contribution in [1.82, 2.24) is 0 Å². The highest BCUT2D eigenvalue weighted by atomic mass is 79.9. The number of nitrogens with one attached hydrogen (secondary N) is 1. The van der Waals surface area contributed by atoms with E-state index in [4.69, 9.17) is 20.6 Å². The Hall–Kier alpha value is -2.01. The third-order valence-electron chi connectivity index (χ3n) is 2.50. The molecule has 0 aliphatic rings. The number of halogens is 1. The van der Waals surface area contributed by atoms with Gasteiger partial charge in [0.25, 0.3) is 0 Å². The summed E-state index contributed by atoms with van der Waals surface area (Å²) in [5.74, 6) is 1.75. The van der Waals surface area contributed by atoms with E-state index < -0.39 is 0 Å². The summed E-state index contributed by atoms with van der Waals surface area (Å²) in [5.41, 5.74) is 6.07. The van der Waals surface area contributed by atoms with Gasteiger partial charge < -0.3 is 15.2 Å². The standard InChI is InChI=1S/C14H13BrN2O2/c1-18-10-5-6-12(14(16)17)13(8-10)19-11-4-2-3-9(15)7-11/h2-8H,1H3,(H3,16,17). The number of amidine groups is 1. The third kappa shape index (κ3) is 3.26. The zero-order valence-corrected chi connectivity index (χ0v) is 11.9. The van der Waals surface area contributed by atoms with E-state index >= 15 is 0 Å². The molecule has 19 heavy (non-hydrogen) atoms. The minimum Gasteiger partial charge on any atom is -0.497 e. The van der Waals surface area contributed by atoms with Gasteiger partial charge in [0, 0.05) is 10.5 Å². The van der Waals surface area contributed by atoms with E-state index in [0.717, 1.165) is 4.47 Å². The van der Waals surface area contributed by atoms with Crippen LogP contribution in [-0.2, 0) is 0 Å². The number of benzene rings is 2. The summed E-state index contributed by atoms with van der Waals surface area (Å²) in [5, 5.41) is 7.56. The molecule has 0 bridgehead atoms. The van der Waals surface area contributed by atoms with Crippen molar-refractivity contribution in [3.8, 4) is 17.2 Å². The van der Waals surface area contributed by atoms with Gasteiger partial charge in [0.2, 0.25) is 0 Å². The summed E-state index contributed by atoms with van der Waals surface area (Å²) in [6.45, 7) is 0. The molecule has 2 aromatic carbocycles. The van der Waals surface area contributed by atoms with Crippen molar-refractivity contribution < 1.29 is 9.47 Å². The van der Waals surface area contributed by atoms with Crippen molar-refractivity contribution in [1.29, 1.82) is 5.41 Å². The number of nitrogens with two attached hydrogens (primary N) is 1. The lowest BCUT2D eigenvalue weighted by Gasteiger charge is -2.12. The van der Waals surface area contributed by atoms with Crippen molar-refractivity contribution in [3.63, 3.8) is 0 Å². The Balaban J connectivity index is 2.39.